The van der Waals surface area contributed by atoms with Crippen molar-refractivity contribution in [1.29, 1.82) is 0 Å². The second-order valence-electron chi connectivity index (χ2n) is 9.07. The van der Waals surface area contributed by atoms with Crippen LogP contribution in [-0.2, 0) is 12.8 Å². The minimum Gasteiger partial charge on any atom is -0.490 e. The monoisotopic (exact) mass is 595 g/mol. The number of rotatable bonds is 8. The minimum absolute atomic E-state index is 0.0578. The molecule has 0 saturated carbocycles. The van der Waals surface area contributed by atoms with E-state index in [1.165, 1.54) is 36.5 Å². The third-order valence-electron chi connectivity index (χ3n) is 6.15. The summed E-state index contributed by atoms with van der Waals surface area (Å²) < 4.78 is 66.1. The molecule has 0 amide bonds. The average molecular weight is 596 g/mol. The molecule has 1 heterocycles. The summed E-state index contributed by atoms with van der Waals surface area (Å²) in [5.41, 5.74) is 0.0496. The molecule has 0 spiro atoms. The first-order chi connectivity index (χ1) is 20.1. The molecule has 42 heavy (non-hydrogen) atoms. The van der Waals surface area contributed by atoms with Crippen LogP contribution in [0.1, 0.15) is 23.6 Å². The summed E-state index contributed by atoms with van der Waals surface area (Å²) in [7, 11) is 0. The number of ether oxygens (including phenoxy) is 2. The van der Waals surface area contributed by atoms with Gasteiger partial charge in [0, 0.05) is 5.56 Å². The van der Waals surface area contributed by atoms with Crippen molar-refractivity contribution in [2.24, 2.45) is 5.10 Å². The molecule has 0 aliphatic heterocycles. The summed E-state index contributed by atoms with van der Waals surface area (Å²) >= 11 is 6.53. The van der Waals surface area contributed by atoms with Gasteiger partial charge in [-0.15, -0.1) is 0 Å². The van der Waals surface area contributed by atoms with Gasteiger partial charge in [0.2, 0.25) is 0 Å². The Hall–Kier alpha value is -4.70. The van der Waals surface area contributed by atoms with Gasteiger partial charge in [-0.3, -0.25) is 4.79 Å². The molecule has 11 heteroatoms. The first-order valence-corrected chi connectivity index (χ1v) is 13.1. The van der Waals surface area contributed by atoms with E-state index in [2.05, 4.69) is 10.1 Å². The maximum absolute atomic E-state index is 13.5. The fourth-order valence-corrected chi connectivity index (χ4v) is 4.45. The average Bonchev–Trinajstić information content (AvgIpc) is 2.97. The van der Waals surface area contributed by atoms with E-state index in [-0.39, 0.29) is 46.6 Å². The standard InChI is InChI=1S/C31H22ClF4N3O3/c1-2-41-27-15-20(14-25(32)28(27)42-18-19-10-12-23(33)13-11-19)17-37-39-29(21-6-5-7-22(16-21)31(34,35)36)38-26-9-4-3-8-24(26)30(39)40/h3-17H,2,18H2,1H3. The van der Waals surface area contributed by atoms with E-state index in [0.29, 0.717) is 22.4 Å². The van der Waals surface area contributed by atoms with Crippen LogP contribution < -0.4 is 15.0 Å². The maximum Gasteiger partial charge on any atom is 0.416 e. The molecule has 0 aliphatic rings. The normalized spacial score (nSPS) is 11.8. The van der Waals surface area contributed by atoms with Crippen LogP contribution in [0.2, 0.25) is 5.02 Å². The predicted octanol–water partition coefficient (Wildman–Crippen LogP) is 7.73. The first kappa shape index (κ1) is 28.8. The number of aromatic nitrogens is 2. The van der Waals surface area contributed by atoms with Crippen molar-refractivity contribution in [3.05, 3.63) is 123 Å². The van der Waals surface area contributed by atoms with Gasteiger partial charge in [-0.05, 0) is 66.6 Å². The predicted molar refractivity (Wildman–Crippen MR) is 153 cm³/mol. The molecule has 0 unspecified atom stereocenters. The molecule has 0 atom stereocenters. The van der Waals surface area contributed by atoms with Crippen molar-refractivity contribution in [3.63, 3.8) is 0 Å². The zero-order chi connectivity index (χ0) is 29.9. The zero-order valence-corrected chi connectivity index (χ0v) is 22.8. The minimum atomic E-state index is -4.59. The Morgan fingerprint density at radius 1 is 0.976 bits per heavy atom. The highest BCUT2D eigenvalue weighted by molar-refractivity contribution is 6.32. The van der Waals surface area contributed by atoms with Crippen molar-refractivity contribution < 1.29 is 27.0 Å². The van der Waals surface area contributed by atoms with Gasteiger partial charge in [0.1, 0.15) is 12.4 Å². The van der Waals surface area contributed by atoms with Crippen molar-refractivity contribution >= 4 is 28.7 Å². The molecular formula is C31H22ClF4N3O3. The van der Waals surface area contributed by atoms with Crippen molar-refractivity contribution in [3.8, 4) is 22.9 Å². The second kappa shape index (κ2) is 12.0. The molecule has 0 saturated heterocycles. The summed E-state index contributed by atoms with van der Waals surface area (Å²) in [5.74, 6) is 0.119. The van der Waals surface area contributed by atoms with Crippen LogP contribution in [0.5, 0.6) is 11.5 Å². The first-order valence-electron chi connectivity index (χ1n) is 12.7. The number of benzene rings is 4. The smallest absolute Gasteiger partial charge is 0.416 e. The van der Waals surface area contributed by atoms with E-state index < -0.39 is 17.3 Å². The van der Waals surface area contributed by atoms with Gasteiger partial charge in [-0.2, -0.15) is 22.9 Å². The fourth-order valence-electron chi connectivity index (χ4n) is 4.18. The lowest BCUT2D eigenvalue weighted by Gasteiger charge is -2.15. The van der Waals surface area contributed by atoms with Gasteiger partial charge in [-0.1, -0.05) is 48.0 Å². The van der Waals surface area contributed by atoms with Crippen molar-refractivity contribution in [2.45, 2.75) is 19.7 Å². The number of alkyl halides is 3. The lowest BCUT2D eigenvalue weighted by Crippen LogP contribution is -2.20. The number of para-hydroxylation sites is 1. The Morgan fingerprint density at radius 2 is 1.74 bits per heavy atom. The Morgan fingerprint density at radius 3 is 2.48 bits per heavy atom. The van der Waals surface area contributed by atoms with Crippen LogP contribution in [0.4, 0.5) is 17.6 Å². The van der Waals surface area contributed by atoms with Crippen molar-refractivity contribution in [1.82, 2.24) is 9.66 Å². The van der Waals surface area contributed by atoms with Crippen LogP contribution in [0.15, 0.2) is 94.8 Å². The summed E-state index contributed by atoms with van der Waals surface area (Å²) in [6, 6.07) is 20.0. The molecule has 0 aliphatic carbocycles. The maximum atomic E-state index is 13.5. The van der Waals surface area contributed by atoms with Crippen LogP contribution in [0.3, 0.4) is 0 Å². The van der Waals surface area contributed by atoms with Crippen LogP contribution in [-0.4, -0.2) is 22.5 Å². The number of hydrogen-bond donors (Lipinski definition) is 0. The molecule has 0 fully saturated rings. The van der Waals surface area contributed by atoms with E-state index in [0.717, 1.165) is 16.8 Å². The van der Waals surface area contributed by atoms with Gasteiger partial charge in [0.25, 0.3) is 5.56 Å². The molecule has 4 aromatic carbocycles. The number of hydrogen-bond acceptors (Lipinski definition) is 5. The third-order valence-corrected chi connectivity index (χ3v) is 6.43. The third kappa shape index (κ3) is 6.28. The molecule has 0 bridgehead atoms. The van der Waals surface area contributed by atoms with Crippen molar-refractivity contribution in [2.75, 3.05) is 6.61 Å². The second-order valence-corrected chi connectivity index (χ2v) is 9.48. The molecule has 0 radical (unpaired) electrons. The highest BCUT2D eigenvalue weighted by Gasteiger charge is 2.31. The van der Waals surface area contributed by atoms with Gasteiger partial charge >= 0.3 is 6.18 Å². The summed E-state index contributed by atoms with van der Waals surface area (Å²) in [6.45, 7) is 2.17. The van der Waals surface area contributed by atoms with Gasteiger partial charge in [0.15, 0.2) is 17.3 Å². The zero-order valence-electron chi connectivity index (χ0n) is 22.0. The Balaban J connectivity index is 1.55. The number of fused-ring (bicyclic) bond motifs is 1. The van der Waals surface area contributed by atoms with E-state index in [1.807, 2.05) is 0 Å². The molecule has 1 aromatic heterocycles. The number of nitrogens with zero attached hydrogens (tertiary/aromatic N) is 3. The lowest BCUT2D eigenvalue weighted by atomic mass is 10.1. The van der Waals surface area contributed by atoms with E-state index in [9.17, 15) is 22.4 Å². The summed E-state index contributed by atoms with van der Waals surface area (Å²) in [4.78, 5) is 17.9. The highest BCUT2D eigenvalue weighted by Crippen LogP contribution is 2.37. The van der Waals surface area contributed by atoms with Crippen LogP contribution in [0.25, 0.3) is 22.3 Å². The molecule has 0 N–H and O–H groups in total. The molecular weight excluding hydrogens is 574 g/mol. The molecule has 5 rings (SSSR count). The Kier molecular flexibility index (Phi) is 8.26. The summed E-state index contributed by atoms with van der Waals surface area (Å²) in [6.07, 6.45) is -3.26. The molecule has 5 aromatic rings. The van der Waals surface area contributed by atoms with E-state index in [1.54, 1.807) is 49.4 Å². The Bertz CT molecular complexity index is 1840. The molecule has 214 valence electrons. The quantitative estimate of drug-likeness (QED) is 0.136. The lowest BCUT2D eigenvalue weighted by molar-refractivity contribution is -0.137. The SMILES string of the molecule is CCOc1cc(C=Nn2c(-c3cccc(C(F)(F)F)c3)nc3ccccc3c2=O)cc(Cl)c1OCc1ccc(F)cc1. The summed E-state index contributed by atoms with van der Waals surface area (Å²) in [5, 5.41) is 4.74. The van der Waals surface area contributed by atoms with Gasteiger partial charge in [0.05, 0.1) is 34.3 Å². The van der Waals surface area contributed by atoms with E-state index in [4.69, 9.17) is 21.1 Å². The molecule has 6 nitrogen and oxygen atoms in total. The van der Waals surface area contributed by atoms with Crippen LogP contribution in [0, 0.1) is 5.82 Å². The van der Waals surface area contributed by atoms with Gasteiger partial charge < -0.3 is 9.47 Å². The highest BCUT2D eigenvalue weighted by atomic mass is 35.5. The van der Waals surface area contributed by atoms with E-state index >= 15 is 0 Å². The topological polar surface area (TPSA) is 65.7 Å². The fraction of sp³-hybridized carbons (Fsp3) is 0.129. The largest absolute Gasteiger partial charge is 0.490 e. The van der Waals surface area contributed by atoms with Gasteiger partial charge in [-0.25, -0.2) is 9.37 Å². The number of halogens is 5. The van der Waals surface area contributed by atoms with Crippen LogP contribution >= 0.6 is 11.6 Å². The Labute approximate surface area is 242 Å².